The van der Waals surface area contributed by atoms with E-state index in [1.807, 2.05) is 0 Å². The minimum atomic E-state index is 0.931. The Morgan fingerprint density at radius 1 is 1.13 bits per heavy atom. The SMILES string of the molecule is Cc1cccc2ccc3c(c12)NCC=C3. The van der Waals surface area contributed by atoms with E-state index in [0.717, 1.165) is 6.54 Å². The Labute approximate surface area is 89.4 Å². The largest absolute Gasteiger partial charge is 0.381 e. The predicted octanol–water partition coefficient (Wildman–Crippen LogP) is 3.59. The Bertz CT molecular complexity index is 553. The van der Waals surface area contributed by atoms with Crippen LogP contribution in [0.3, 0.4) is 0 Å². The monoisotopic (exact) mass is 195 g/mol. The van der Waals surface area contributed by atoms with Crippen LogP contribution >= 0.6 is 0 Å². The van der Waals surface area contributed by atoms with Crippen LogP contribution in [0.25, 0.3) is 16.8 Å². The maximum absolute atomic E-state index is 3.46. The number of anilines is 1. The van der Waals surface area contributed by atoms with Crippen molar-refractivity contribution >= 4 is 22.5 Å². The molecule has 74 valence electrons. The van der Waals surface area contributed by atoms with Crippen molar-refractivity contribution in [2.75, 3.05) is 11.9 Å². The molecule has 0 unspecified atom stereocenters. The van der Waals surface area contributed by atoms with Gasteiger partial charge >= 0.3 is 0 Å². The highest BCUT2D eigenvalue weighted by molar-refractivity contribution is 6.00. The maximum Gasteiger partial charge on any atom is 0.0498 e. The van der Waals surface area contributed by atoms with Crippen molar-refractivity contribution in [2.45, 2.75) is 6.92 Å². The fourth-order valence-corrected chi connectivity index (χ4v) is 2.25. The van der Waals surface area contributed by atoms with E-state index in [9.17, 15) is 0 Å². The fourth-order valence-electron chi connectivity index (χ4n) is 2.25. The Hall–Kier alpha value is -1.76. The van der Waals surface area contributed by atoms with Gasteiger partial charge in [0.2, 0.25) is 0 Å². The Kier molecular flexibility index (Phi) is 1.78. The van der Waals surface area contributed by atoms with Gasteiger partial charge in [-0.15, -0.1) is 0 Å². The predicted molar refractivity (Wildman–Crippen MR) is 66.2 cm³/mol. The van der Waals surface area contributed by atoms with Crippen LogP contribution in [0.2, 0.25) is 0 Å². The molecule has 0 saturated heterocycles. The number of nitrogens with one attached hydrogen (secondary N) is 1. The van der Waals surface area contributed by atoms with Crippen LogP contribution in [0.15, 0.2) is 36.4 Å². The molecule has 1 N–H and O–H groups in total. The van der Waals surface area contributed by atoms with Crippen molar-refractivity contribution in [3.8, 4) is 0 Å². The molecule has 0 atom stereocenters. The van der Waals surface area contributed by atoms with Crippen LogP contribution in [0.1, 0.15) is 11.1 Å². The van der Waals surface area contributed by atoms with Crippen LogP contribution in [-0.4, -0.2) is 6.54 Å². The smallest absolute Gasteiger partial charge is 0.0498 e. The van der Waals surface area contributed by atoms with Crippen molar-refractivity contribution in [2.24, 2.45) is 0 Å². The zero-order valence-corrected chi connectivity index (χ0v) is 8.75. The standard InChI is InChI=1S/C14H13N/c1-10-4-2-5-11-7-8-12-6-3-9-15-14(12)13(10)11/h2-8,15H,9H2,1H3. The number of hydrogen-bond donors (Lipinski definition) is 1. The molecule has 2 aromatic carbocycles. The molecule has 1 heteroatoms. The summed E-state index contributed by atoms with van der Waals surface area (Å²) in [5, 5.41) is 6.14. The van der Waals surface area contributed by atoms with Gasteiger partial charge in [0, 0.05) is 17.6 Å². The molecule has 1 aliphatic heterocycles. The number of benzene rings is 2. The lowest BCUT2D eigenvalue weighted by Gasteiger charge is -2.17. The lowest BCUT2D eigenvalue weighted by molar-refractivity contribution is 1.32. The number of rotatable bonds is 0. The van der Waals surface area contributed by atoms with Gasteiger partial charge in [-0.1, -0.05) is 42.5 Å². The third-order valence-electron chi connectivity index (χ3n) is 2.98. The average molecular weight is 195 g/mol. The summed E-state index contributed by atoms with van der Waals surface area (Å²) in [6, 6.07) is 10.8. The lowest BCUT2D eigenvalue weighted by atomic mass is 9.98. The van der Waals surface area contributed by atoms with Gasteiger partial charge in [-0.05, 0) is 23.4 Å². The van der Waals surface area contributed by atoms with Crippen molar-refractivity contribution in [1.29, 1.82) is 0 Å². The summed E-state index contributed by atoms with van der Waals surface area (Å²) in [6.45, 7) is 3.10. The fraction of sp³-hybridized carbons (Fsp3) is 0.143. The number of aryl methyl sites for hydroxylation is 1. The van der Waals surface area contributed by atoms with Crippen molar-refractivity contribution in [3.05, 3.63) is 47.5 Å². The zero-order chi connectivity index (χ0) is 10.3. The summed E-state index contributed by atoms with van der Waals surface area (Å²) in [5.74, 6) is 0. The normalized spacial score (nSPS) is 13.7. The van der Waals surface area contributed by atoms with Crippen LogP contribution in [0, 0.1) is 6.92 Å². The van der Waals surface area contributed by atoms with Gasteiger partial charge in [-0.3, -0.25) is 0 Å². The van der Waals surface area contributed by atoms with E-state index in [1.165, 1.54) is 27.6 Å². The van der Waals surface area contributed by atoms with Gasteiger partial charge < -0.3 is 5.32 Å². The van der Waals surface area contributed by atoms with Crippen LogP contribution in [0.4, 0.5) is 5.69 Å². The summed E-state index contributed by atoms with van der Waals surface area (Å²) in [7, 11) is 0. The van der Waals surface area contributed by atoms with Crippen LogP contribution in [-0.2, 0) is 0 Å². The second kappa shape index (κ2) is 3.13. The van der Waals surface area contributed by atoms with Crippen molar-refractivity contribution < 1.29 is 0 Å². The average Bonchev–Trinajstić information content (AvgIpc) is 2.29. The highest BCUT2D eigenvalue weighted by atomic mass is 14.9. The molecule has 1 aliphatic rings. The molecule has 0 aliphatic carbocycles. The molecule has 0 aromatic heterocycles. The van der Waals surface area contributed by atoms with E-state index in [-0.39, 0.29) is 0 Å². The second-order valence-electron chi connectivity index (χ2n) is 3.99. The molecule has 15 heavy (non-hydrogen) atoms. The third-order valence-corrected chi connectivity index (χ3v) is 2.98. The van der Waals surface area contributed by atoms with Gasteiger partial charge in [0.1, 0.15) is 0 Å². The molecular weight excluding hydrogens is 182 g/mol. The van der Waals surface area contributed by atoms with Crippen LogP contribution < -0.4 is 5.32 Å². The minimum Gasteiger partial charge on any atom is -0.381 e. The summed E-state index contributed by atoms with van der Waals surface area (Å²) >= 11 is 0. The van der Waals surface area contributed by atoms with Gasteiger partial charge in [0.05, 0.1) is 0 Å². The number of hydrogen-bond acceptors (Lipinski definition) is 1. The van der Waals surface area contributed by atoms with E-state index >= 15 is 0 Å². The molecular formula is C14H13N. The summed E-state index contributed by atoms with van der Waals surface area (Å²) in [6.07, 6.45) is 4.35. The van der Waals surface area contributed by atoms with Gasteiger partial charge in [-0.2, -0.15) is 0 Å². The second-order valence-corrected chi connectivity index (χ2v) is 3.99. The molecule has 0 fully saturated rings. The van der Waals surface area contributed by atoms with Crippen molar-refractivity contribution in [1.82, 2.24) is 0 Å². The number of fused-ring (bicyclic) bond motifs is 3. The van der Waals surface area contributed by atoms with E-state index in [2.05, 4.69) is 54.7 Å². The minimum absolute atomic E-state index is 0.931. The molecule has 0 saturated carbocycles. The first-order chi connectivity index (χ1) is 7.36. The highest BCUT2D eigenvalue weighted by Crippen LogP contribution is 2.32. The maximum atomic E-state index is 3.46. The molecule has 1 nitrogen and oxygen atoms in total. The quantitative estimate of drug-likeness (QED) is 0.677. The highest BCUT2D eigenvalue weighted by Gasteiger charge is 2.09. The third kappa shape index (κ3) is 1.23. The summed E-state index contributed by atoms with van der Waals surface area (Å²) in [5.41, 5.74) is 3.92. The van der Waals surface area contributed by atoms with Gasteiger partial charge in [0.15, 0.2) is 0 Å². The molecule has 0 radical (unpaired) electrons. The molecule has 0 spiro atoms. The van der Waals surface area contributed by atoms with Crippen molar-refractivity contribution in [3.63, 3.8) is 0 Å². The molecule has 1 heterocycles. The van der Waals surface area contributed by atoms with E-state index in [1.54, 1.807) is 0 Å². The Morgan fingerprint density at radius 3 is 3.00 bits per heavy atom. The molecule has 3 rings (SSSR count). The Morgan fingerprint density at radius 2 is 2.07 bits per heavy atom. The van der Waals surface area contributed by atoms with E-state index in [4.69, 9.17) is 0 Å². The summed E-state index contributed by atoms with van der Waals surface area (Å²) < 4.78 is 0. The zero-order valence-electron chi connectivity index (χ0n) is 8.75. The Balaban J connectivity index is 2.45. The molecule has 2 aromatic rings. The first-order valence-electron chi connectivity index (χ1n) is 5.29. The first-order valence-corrected chi connectivity index (χ1v) is 5.29. The molecule has 0 bridgehead atoms. The van der Waals surface area contributed by atoms with Crippen LogP contribution in [0.5, 0.6) is 0 Å². The van der Waals surface area contributed by atoms with Gasteiger partial charge in [-0.25, -0.2) is 0 Å². The van der Waals surface area contributed by atoms with Gasteiger partial charge in [0.25, 0.3) is 0 Å². The molecule has 0 amide bonds. The topological polar surface area (TPSA) is 12.0 Å². The lowest BCUT2D eigenvalue weighted by Crippen LogP contribution is -2.05. The van der Waals surface area contributed by atoms with E-state index in [0.29, 0.717) is 0 Å². The van der Waals surface area contributed by atoms with E-state index < -0.39 is 0 Å². The first kappa shape index (κ1) is 8.54. The summed E-state index contributed by atoms with van der Waals surface area (Å²) in [4.78, 5) is 0.